The number of benzene rings is 1. The first-order valence-electron chi connectivity index (χ1n) is 7.89. The van der Waals surface area contributed by atoms with Gasteiger partial charge in [0, 0.05) is 12.1 Å². The average molecular weight is 353 g/mol. The van der Waals surface area contributed by atoms with E-state index < -0.39 is 33.9 Å². The Labute approximate surface area is 140 Å². The molecule has 7 nitrogen and oxygen atoms in total. The third-order valence-corrected chi connectivity index (χ3v) is 6.72. The molecule has 1 N–H and O–H groups in total. The van der Waals surface area contributed by atoms with Gasteiger partial charge in [-0.05, 0) is 50.5 Å². The molecule has 3 rings (SSSR count). The monoisotopic (exact) mass is 353 g/mol. The zero-order chi connectivity index (χ0) is 17.5. The Balaban J connectivity index is 1.86. The lowest BCUT2D eigenvalue weighted by atomic mass is 9.89. The van der Waals surface area contributed by atoms with Crippen LogP contribution in [0.5, 0.6) is 0 Å². The molecule has 0 aromatic heterocycles. The van der Waals surface area contributed by atoms with Crippen LogP contribution in [0.25, 0.3) is 0 Å². The van der Waals surface area contributed by atoms with Gasteiger partial charge < -0.3 is 9.84 Å². The van der Waals surface area contributed by atoms with Crippen molar-refractivity contribution in [2.24, 2.45) is 5.92 Å². The standard InChI is InChI=1S/C16H19NO6S/c1-2-23-16(20)10-3-6-12(7-4-10)24(21,22)17-11-5-8-14(17)13(9-11)15(18)19/h3-4,6-7,11,13-14H,2,5,8-9H2,1H3,(H,18,19). The smallest absolute Gasteiger partial charge is 0.338 e. The Morgan fingerprint density at radius 3 is 2.46 bits per heavy atom. The molecule has 0 amide bonds. The lowest BCUT2D eigenvalue weighted by Gasteiger charge is -2.22. The van der Waals surface area contributed by atoms with Crippen molar-refractivity contribution in [3.63, 3.8) is 0 Å². The number of esters is 1. The molecule has 1 aromatic rings. The largest absolute Gasteiger partial charge is 0.481 e. The second kappa shape index (κ2) is 6.18. The summed E-state index contributed by atoms with van der Waals surface area (Å²) in [6.45, 7) is 1.94. The van der Waals surface area contributed by atoms with Crippen LogP contribution >= 0.6 is 0 Å². The Morgan fingerprint density at radius 1 is 1.25 bits per heavy atom. The van der Waals surface area contributed by atoms with Gasteiger partial charge in [-0.25, -0.2) is 13.2 Å². The van der Waals surface area contributed by atoms with Crippen LogP contribution in [-0.4, -0.2) is 48.5 Å². The van der Waals surface area contributed by atoms with E-state index in [-0.39, 0.29) is 23.1 Å². The van der Waals surface area contributed by atoms with E-state index in [0.29, 0.717) is 19.3 Å². The van der Waals surface area contributed by atoms with Crippen LogP contribution < -0.4 is 0 Å². The fraction of sp³-hybridized carbons (Fsp3) is 0.500. The van der Waals surface area contributed by atoms with Gasteiger partial charge in [-0.2, -0.15) is 4.31 Å². The molecule has 1 aromatic carbocycles. The summed E-state index contributed by atoms with van der Waals surface area (Å²) in [4.78, 5) is 23.0. The van der Waals surface area contributed by atoms with E-state index in [9.17, 15) is 23.1 Å². The Morgan fingerprint density at radius 2 is 1.92 bits per heavy atom. The van der Waals surface area contributed by atoms with E-state index in [1.165, 1.54) is 28.6 Å². The molecule has 2 saturated heterocycles. The van der Waals surface area contributed by atoms with Crippen LogP contribution in [0.4, 0.5) is 0 Å². The summed E-state index contributed by atoms with van der Waals surface area (Å²) in [6.07, 6.45) is 1.62. The number of carbonyl (C=O) groups is 2. The molecule has 2 bridgehead atoms. The normalized spacial score (nSPS) is 26.5. The Bertz CT molecular complexity index is 757. The minimum Gasteiger partial charge on any atom is -0.481 e. The van der Waals surface area contributed by atoms with Crippen LogP contribution in [0.3, 0.4) is 0 Å². The van der Waals surface area contributed by atoms with Gasteiger partial charge in [0.05, 0.1) is 23.0 Å². The first kappa shape index (κ1) is 16.9. The van der Waals surface area contributed by atoms with Crippen molar-refractivity contribution in [1.29, 1.82) is 0 Å². The third kappa shape index (κ3) is 2.69. The Hall–Kier alpha value is -1.93. The summed E-state index contributed by atoms with van der Waals surface area (Å²) < 4.78 is 32.0. The van der Waals surface area contributed by atoms with Gasteiger partial charge in [-0.1, -0.05) is 0 Å². The fourth-order valence-electron chi connectivity index (χ4n) is 3.68. The molecule has 2 aliphatic heterocycles. The van der Waals surface area contributed by atoms with Gasteiger partial charge in [-0.15, -0.1) is 0 Å². The predicted octanol–water partition coefficient (Wildman–Crippen LogP) is 1.49. The minimum atomic E-state index is -3.78. The highest BCUT2D eigenvalue weighted by molar-refractivity contribution is 7.89. The lowest BCUT2D eigenvalue weighted by molar-refractivity contribution is -0.142. The fourth-order valence-corrected chi connectivity index (χ4v) is 5.59. The molecule has 2 heterocycles. The topological polar surface area (TPSA) is 101 Å². The van der Waals surface area contributed by atoms with Crippen molar-refractivity contribution in [2.45, 2.75) is 43.2 Å². The summed E-state index contributed by atoms with van der Waals surface area (Å²) in [7, 11) is -3.78. The molecule has 0 radical (unpaired) electrons. The van der Waals surface area contributed by atoms with Crippen molar-refractivity contribution < 1.29 is 27.9 Å². The molecule has 3 atom stereocenters. The van der Waals surface area contributed by atoms with Gasteiger partial charge in [0.25, 0.3) is 0 Å². The van der Waals surface area contributed by atoms with Gasteiger partial charge in [-0.3, -0.25) is 4.79 Å². The maximum absolute atomic E-state index is 12.9. The summed E-state index contributed by atoms with van der Waals surface area (Å²) in [5, 5.41) is 9.26. The van der Waals surface area contributed by atoms with E-state index in [0.717, 1.165) is 0 Å². The van der Waals surface area contributed by atoms with Crippen molar-refractivity contribution in [3.8, 4) is 0 Å². The number of hydrogen-bond donors (Lipinski definition) is 1. The molecule has 3 unspecified atom stereocenters. The second-order valence-electron chi connectivity index (χ2n) is 6.06. The quantitative estimate of drug-likeness (QED) is 0.805. The molecule has 8 heteroatoms. The molecule has 0 aliphatic carbocycles. The first-order chi connectivity index (χ1) is 11.4. The SMILES string of the molecule is CCOC(=O)c1ccc(S(=O)(=O)N2C3CCC2C(C(=O)O)C3)cc1. The molecule has 2 aliphatic rings. The zero-order valence-corrected chi connectivity index (χ0v) is 14.0. The average Bonchev–Trinajstić information content (AvgIpc) is 3.14. The van der Waals surface area contributed by atoms with Crippen molar-refractivity contribution in [2.75, 3.05) is 6.61 Å². The number of aliphatic carboxylic acids is 1. The number of fused-ring (bicyclic) bond motifs is 2. The number of carbonyl (C=O) groups excluding carboxylic acids is 1. The number of carboxylic acid groups (broad SMARTS) is 1. The number of ether oxygens (including phenoxy) is 1. The van der Waals surface area contributed by atoms with Crippen LogP contribution in [0, 0.1) is 5.92 Å². The van der Waals surface area contributed by atoms with Gasteiger partial charge in [0.15, 0.2) is 0 Å². The van der Waals surface area contributed by atoms with Crippen molar-refractivity contribution >= 4 is 22.0 Å². The molecule has 0 saturated carbocycles. The minimum absolute atomic E-state index is 0.0680. The molecule has 0 spiro atoms. The molecule has 24 heavy (non-hydrogen) atoms. The summed E-state index contributed by atoms with van der Waals surface area (Å²) in [5.74, 6) is -2.09. The maximum atomic E-state index is 12.9. The van der Waals surface area contributed by atoms with Crippen LogP contribution in [0.2, 0.25) is 0 Å². The van der Waals surface area contributed by atoms with Gasteiger partial charge in [0.2, 0.25) is 10.0 Å². The Kier molecular flexibility index (Phi) is 4.35. The number of nitrogens with zero attached hydrogens (tertiary/aromatic N) is 1. The third-order valence-electron chi connectivity index (χ3n) is 4.73. The van der Waals surface area contributed by atoms with Gasteiger partial charge >= 0.3 is 11.9 Å². The molecule has 130 valence electrons. The maximum Gasteiger partial charge on any atom is 0.338 e. The van der Waals surface area contributed by atoms with E-state index in [4.69, 9.17) is 4.74 Å². The van der Waals surface area contributed by atoms with E-state index >= 15 is 0 Å². The summed E-state index contributed by atoms with van der Waals surface area (Å²) in [5.41, 5.74) is 0.281. The number of sulfonamides is 1. The van der Waals surface area contributed by atoms with Gasteiger partial charge in [0.1, 0.15) is 0 Å². The van der Waals surface area contributed by atoms with E-state index in [1.807, 2.05) is 0 Å². The van der Waals surface area contributed by atoms with Crippen LogP contribution in [-0.2, 0) is 19.6 Å². The highest BCUT2D eigenvalue weighted by Crippen LogP contribution is 2.45. The van der Waals surface area contributed by atoms with Crippen molar-refractivity contribution in [1.82, 2.24) is 4.31 Å². The summed E-state index contributed by atoms with van der Waals surface area (Å²) in [6, 6.07) is 4.83. The highest BCUT2D eigenvalue weighted by Gasteiger charge is 2.54. The van der Waals surface area contributed by atoms with Crippen molar-refractivity contribution in [3.05, 3.63) is 29.8 Å². The van der Waals surface area contributed by atoms with Crippen LogP contribution in [0.1, 0.15) is 36.5 Å². The first-order valence-corrected chi connectivity index (χ1v) is 9.33. The molecular formula is C16H19NO6S. The highest BCUT2D eigenvalue weighted by atomic mass is 32.2. The molecular weight excluding hydrogens is 334 g/mol. The summed E-state index contributed by atoms with van der Waals surface area (Å²) >= 11 is 0. The number of hydrogen-bond acceptors (Lipinski definition) is 5. The lowest BCUT2D eigenvalue weighted by Crippen LogP contribution is -2.37. The number of carboxylic acids is 1. The number of rotatable bonds is 5. The molecule has 2 fully saturated rings. The van der Waals surface area contributed by atoms with E-state index in [2.05, 4.69) is 0 Å². The predicted molar refractivity (Wildman–Crippen MR) is 84.0 cm³/mol. The van der Waals surface area contributed by atoms with E-state index in [1.54, 1.807) is 6.92 Å². The second-order valence-corrected chi connectivity index (χ2v) is 7.90. The zero-order valence-electron chi connectivity index (χ0n) is 13.2. The van der Waals surface area contributed by atoms with Crippen LogP contribution in [0.15, 0.2) is 29.2 Å².